The second kappa shape index (κ2) is 7.06. The molecule has 0 radical (unpaired) electrons. The van der Waals surface area contributed by atoms with E-state index in [1.807, 2.05) is 0 Å². The number of primary amides is 1. The molecule has 22 heavy (non-hydrogen) atoms. The highest BCUT2D eigenvalue weighted by Crippen LogP contribution is 2.21. The summed E-state index contributed by atoms with van der Waals surface area (Å²) in [5.41, 5.74) is 5.01. The Morgan fingerprint density at radius 3 is 2.64 bits per heavy atom. The van der Waals surface area contributed by atoms with Crippen molar-refractivity contribution in [3.63, 3.8) is 0 Å². The van der Waals surface area contributed by atoms with Gasteiger partial charge in [-0.3, -0.25) is 14.4 Å². The first kappa shape index (κ1) is 16.7. The summed E-state index contributed by atoms with van der Waals surface area (Å²) < 4.78 is 0. The Morgan fingerprint density at radius 2 is 2.05 bits per heavy atom. The number of aliphatic hydroxyl groups excluding tert-OH is 1. The molecule has 5 N–H and O–H groups in total. The summed E-state index contributed by atoms with van der Waals surface area (Å²) in [5, 5.41) is 15.3. The highest BCUT2D eigenvalue weighted by molar-refractivity contribution is 5.91. The fraction of sp³-hybridized carbons (Fsp3) is 0.786. The maximum Gasteiger partial charge on any atom is 0.248 e. The molecular weight excluding hydrogens is 288 g/mol. The van der Waals surface area contributed by atoms with Gasteiger partial charge in [-0.2, -0.15) is 0 Å². The Hall–Kier alpha value is -1.67. The lowest BCUT2D eigenvalue weighted by atomic mass is 10.1. The van der Waals surface area contributed by atoms with Gasteiger partial charge in [-0.25, -0.2) is 0 Å². The Balaban J connectivity index is 1.96. The number of carbonyl (C=O) groups is 3. The molecule has 2 fully saturated rings. The fourth-order valence-electron chi connectivity index (χ4n) is 3.04. The Kier molecular flexibility index (Phi) is 5.36. The smallest absolute Gasteiger partial charge is 0.248 e. The average Bonchev–Trinajstić information content (AvgIpc) is 3.16. The van der Waals surface area contributed by atoms with Crippen LogP contribution in [0.25, 0.3) is 0 Å². The summed E-state index contributed by atoms with van der Waals surface area (Å²) >= 11 is 0. The third-order valence-electron chi connectivity index (χ3n) is 4.33. The zero-order valence-corrected chi connectivity index (χ0v) is 12.7. The number of hydrogen-bond donors (Lipinski definition) is 4. The van der Waals surface area contributed by atoms with E-state index in [2.05, 4.69) is 10.6 Å². The molecule has 8 nitrogen and oxygen atoms in total. The maximum absolute atomic E-state index is 12.5. The lowest BCUT2D eigenvalue weighted by Crippen LogP contribution is -2.55. The van der Waals surface area contributed by atoms with Gasteiger partial charge in [-0.05, 0) is 39.2 Å². The number of nitrogens with two attached hydrogens (primary N) is 1. The number of nitrogens with zero attached hydrogens (tertiary/aromatic N) is 1. The number of hydrogen-bond acceptors (Lipinski definition) is 5. The van der Waals surface area contributed by atoms with Gasteiger partial charge in [0.2, 0.25) is 17.7 Å². The number of carbonyl (C=O) groups excluding carboxylic acids is 3. The second-order valence-corrected chi connectivity index (χ2v) is 5.98. The van der Waals surface area contributed by atoms with Crippen LogP contribution in [0.3, 0.4) is 0 Å². The van der Waals surface area contributed by atoms with Gasteiger partial charge >= 0.3 is 0 Å². The van der Waals surface area contributed by atoms with Gasteiger partial charge in [0.15, 0.2) is 6.10 Å². The van der Waals surface area contributed by atoms with Crippen LogP contribution in [0, 0.1) is 0 Å². The van der Waals surface area contributed by atoms with Crippen LogP contribution in [-0.4, -0.2) is 65.0 Å². The molecule has 2 aliphatic rings. The molecule has 0 aliphatic carbocycles. The van der Waals surface area contributed by atoms with E-state index in [0.29, 0.717) is 13.0 Å². The zero-order chi connectivity index (χ0) is 16.3. The highest BCUT2D eigenvalue weighted by atomic mass is 16.3. The molecule has 0 saturated carbocycles. The molecule has 2 heterocycles. The number of likely N-dealkylation sites (tertiary alicyclic amines) is 1. The zero-order valence-electron chi connectivity index (χ0n) is 12.7. The maximum atomic E-state index is 12.5. The number of rotatable bonds is 5. The van der Waals surface area contributed by atoms with Gasteiger partial charge < -0.3 is 26.4 Å². The van der Waals surface area contributed by atoms with Crippen LogP contribution in [-0.2, 0) is 14.4 Å². The van der Waals surface area contributed by atoms with Crippen LogP contribution in [0.1, 0.15) is 32.6 Å². The third kappa shape index (κ3) is 3.56. The Bertz CT molecular complexity index is 450. The molecule has 0 bridgehead atoms. The first-order chi connectivity index (χ1) is 10.4. The van der Waals surface area contributed by atoms with Crippen LogP contribution in [0.15, 0.2) is 0 Å². The summed E-state index contributed by atoms with van der Waals surface area (Å²) in [6.07, 6.45) is 1.67. The highest BCUT2D eigenvalue weighted by Gasteiger charge is 2.38. The molecule has 1 unspecified atom stereocenters. The van der Waals surface area contributed by atoms with Gasteiger partial charge in [0, 0.05) is 6.54 Å². The minimum Gasteiger partial charge on any atom is -0.381 e. The molecule has 2 saturated heterocycles. The minimum atomic E-state index is -1.44. The molecule has 0 aromatic rings. The van der Waals surface area contributed by atoms with Crippen molar-refractivity contribution < 1.29 is 19.5 Å². The van der Waals surface area contributed by atoms with E-state index in [1.165, 1.54) is 6.92 Å². The van der Waals surface area contributed by atoms with Crippen LogP contribution in [0.5, 0.6) is 0 Å². The molecule has 4 atom stereocenters. The first-order valence-corrected chi connectivity index (χ1v) is 7.73. The van der Waals surface area contributed by atoms with Crippen LogP contribution >= 0.6 is 0 Å². The van der Waals surface area contributed by atoms with E-state index in [4.69, 9.17) is 5.73 Å². The van der Waals surface area contributed by atoms with Gasteiger partial charge in [-0.15, -0.1) is 0 Å². The van der Waals surface area contributed by atoms with Crippen molar-refractivity contribution in [2.45, 2.75) is 56.8 Å². The normalized spacial score (nSPS) is 27.5. The van der Waals surface area contributed by atoms with Crippen LogP contribution in [0.2, 0.25) is 0 Å². The molecule has 2 aliphatic heterocycles. The number of amides is 3. The van der Waals surface area contributed by atoms with Gasteiger partial charge in [0.1, 0.15) is 6.04 Å². The Labute approximate surface area is 129 Å². The van der Waals surface area contributed by atoms with E-state index < -0.39 is 24.1 Å². The third-order valence-corrected chi connectivity index (χ3v) is 4.33. The van der Waals surface area contributed by atoms with E-state index in [-0.39, 0.29) is 17.9 Å². The molecule has 2 rings (SSSR count). The summed E-state index contributed by atoms with van der Waals surface area (Å²) in [5.74, 6) is -1.28. The minimum absolute atomic E-state index is 0.0433. The molecule has 124 valence electrons. The van der Waals surface area contributed by atoms with Gasteiger partial charge in [0.05, 0.1) is 12.1 Å². The van der Waals surface area contributed by atoms with E-state index in [9.17, 15) is 19.5 Å². The monoisotopic (exact) mass is 312 g/mol. The molecule has 8 heteroatoms. The lowest BCUT2D eigenvalue weighted by molar-refractivity contribution is -0.140. The quantitative estimate of drug-likeness (QED) is 0.471. The predicted octanol–water partition coefficient (Wildman–Crippen LogP) is -1.92. The fourth-order valence-corrected chi connectivity index (χ4v) is 3.04. The van der Waals surface area contributed by atoms with Gasteiger partial charge in [0.25, 0.3) is 0 Å². The van der Waals surface area contributed by atoms with Crippen molar-refractivity contribution in [3.05, 3.63) is 0 Å². The molecular formula is C14H24N4O4. The summed E-state index contributed by atoms with van der Waals surface area (Å²) in [6, 6.07) is -1.54. The van der Waals surface area contributed by atoms with E-state index in [1.54, 1.807) is 4.90 Å². The van der Waals surface area contributed by atoms with Crippen molar-refractivity contribution in [3.8, 4) is 0 Å². The van der Waals surface area contributed by atoms with Crippen molar-refractivity contribution in [2.24, 2.45) is 5.73 Å². The van der Waals surface area contributed by atoms with Crippen molar-refractivity contribution in [2.75, 3.05) is 13.1 Å². The van der Waals surface area contributed by atoms with E-state index in [0.717, 1.165) is 25.8 Å². The summed E-state index contributed by atoms with van der Waals surface area (Å²) in [7, 11) is 0. The van der Waals surface area contributed by atoms with Crippen molar-refractivity contribution in [1.29, 1.82) is 0 Å². The van der Waals surface area contributed by atoms with Crippen molar-refractivity contribution in [1.82, 2.24) is 15.5 Å². The van der Waals surface area contributed by atoms with Gasteiger partial charge in [-0.1, -0.05) is 0 Å². The van der Waals surface area contributed by atoms with Crippen LogP contribution < -0.4 is 16.4 Å². The summed E-state index contributed by atoms with van der Waals surface area (Å²) in [6.45, 7) is 2.89. The largest absolute Gasteiger partial charge is 0.381 e. The topological polar surface area (TPSA) is 125 Å². The first-order valence-electron chi connectivity index (χ1n) is 7.73. The SMILES string of the molecule is C[C@H](NC(=O)C1CCCN1C(=O)[C@@H]1CCCN1)[C@@H](O)C(N)=O. The van der Waals surface area contributed by atoms with Crippen LogP contribution in [0.4, 0.5) is 0 Å². The number of aliphatic hydroxyl groups is 1. The molecule has 3 amide bonds. The van der Waals surface area contributed by atoms with E-state index >= 15 is 0 Å². The Morgan fingerprint density at radius 1 is 1.32 bits per heavy atom. The standard InChI is InChI=1S/C14H24N4O4/c1-8(11(19)12(15)20)17-13(21)10-5-3-7-18(10)14(22)9-4-2-6-16-9/h8-11,16,19H,2-7H2,1H3,(H2,15,20)(H,17,21)/t8-,9-,10?,11+/m0/s1. The molecule has 0 aromatic carbocycles. The number of nitrogens with one attached hydrogen (secondary N) is 2. The molecule has 0 spiro atoms. The lowest BCUT2D eigenvalue weighted by Gasteiger charge is -2.28. The molecule has 0 aromatic heterocycles. The predicted molar refractivity (Wildman–Crippen MR) is 78.6 cm³/mol. The average molecular weight is 312 g/mol. The van der Waals surface area contributed by atoms with Crippen molar-refractivity contribution >= 4 is 17.7 Å². The summed E-state index contributed by atoms with van der Waals surface area (Å²) in [4.78, 5) is 37.3. The second-order valence-electron chi connectivity index (χ2n) is 5.98.